The molecule has 5 heteroatoms. The maximum atomic E-state index is 5.63. The molecule has 0 amide bonds. The monoisotopic (exact) mass is 266 g/mol. The molecule has 0 saturated heterocycles. The highest BCUT2D eigenvalue weighted by Gasteiger charge is 2.16. The van der Waals surface area contributed by atoms with Gasteiger partial charge in [0.2, 0.25) is 0 Å². The standard InChI is InChI=1S/C14H22N2O3/c1-2-17-7-3-4-12(16-15)11-5-6-13-14(10-11)19-9-8-18-13/h5-6,10,12,16H,2-4,7-9,15H2,1H3. The zero-order valence-electron chi connectivity index (χ0n) is 11.4. The van der Waals surface area contributed by atoms with E-state index in [2.05, 4.69) is 5.43 Å². The minimum Gasteiger partial charge on any atom is -0.486 e. The van der Waals surface area contributed by atoms with E-state index in [0.717, 1.165) is 43.1 Å². The van der Waals surface area contributed by atoms with Crippen LogP contribution in [0.5, 0.6) is 11.5 Å². The SMILES string of the molecule is CCOCCCC(NN)c1ccc2c(c1)OCCO2. The minimum absolute atomic E-state index is 0.108. The second-order valence-electron chi connectivity index (χ2n) is 4.46. The molecule has 2 rings (SSSR count). The molecule has 1 atom stereocenters. The smallest absolute Gasteiger partial charge is 0.161 e. The van der Waals surface area contributed by atoms with Crippen molar-refractivity contribution in [1.29, 1.82) is 0 Å². The van der Waals surface area contributed by atoms with E-state index in [1.165, 1.54) is 0 Å². The summed E-state index contributed by atoms with van der Waals surface area (Å²) in [4.78, 5) is 0. The molecule has 0 fully saturated rings. The van der Waals surface area contributed by atoms with Crippen LogP contribution < -0.4 is 20.7 Å². The van der Waals surface area contributed by atoms with E-state index in [0.29, 0.717) is 13.2 Å². The van der Waals surface area contributed by atoms with E-state index in [1.54, 1.807) is 0 Å². The number of hydrazine groups is 1. The van der Waals surface area contributed by atoms with Crippen molar-refractivity contribution in [2.45, 2.75) is 25.8 Å². The zero-order valence-corrected chi connectivity index (χ0v) is 11.4. The van der Waals surface area contributed by atoms with Crippen molar-refractivity contribution in [3.8, 4) is 11.5 Å². The maximum absolute atomic E-state index is 5.63. The van der Waals surface area contributed by atoms with Crippen molar-refractivity contribution in [1.82, 2.24) is 5.43 Å². The number of rotatable bonds is 7. The summed E-state index contributed by atoms with van der Waals surface area (Å²) in [5.41, 5.74) is 3.96. The van der Waals surface area contributed by atoms with Gasteiger partial charge >= 0.3 is 0 Å². The number of benzene rings is 1. The van der Waals surface area contributed by atoms with Gasteiger partial charge in [-0.3, -0.25) is 11.3 Å². The van der Waals surface area contributed by atoms with E-state index in [9.17, 15) is 0 Å². The van der Waals surface area contributed by atoms with Crippen molar-refractivity contribution in [3.05, 3.63) is 23.8 Å². The second kappa shape index (κ2) is 7.33. The summed E-state index contributed by atoms with van der Waals surface area (Å²) in [7, 11) is 0. The van der Waals surface area contributed by atoms with Crippen molar-refractivity contribution < 1.29 is 14.2 Å². The van der Waals surface area contributed by atoms with Gasteiger partial charge in [0, 0.05) is 19.3 Å². The summed E-state index contributed by atoms with van der Waals surface area (Å²) in [5, 5.41) is 0. The van der Waals surface area contributed by atoms with Crippen LogP contribution in [-0.2, 0) is 4.74 Å². The Morgan fingerprint density at radius 1 is 1.32 bits per heavy atom. The lowest BCUT2D eigenvalue weighted by molar-refractivity contribution is 0.140. The van der Waals surface area contributed by atoms with Crippen LogP contribution in [0, 0.1) is 0 Å². The van der Waals surface area contributed by atoms with Crippen LogP contribution in [0.25, 0.3) is 0 Å². The van der Waals surface area contributed by atoms with Crippen LogP contribution in [0.1, 0.15) is 31.4 Å². The van der Waals surface area contributed by atoms with Crippen LogP contribution in [0.15, 0.2) is 18.2 Å². The topological polar surface area (TPSA) is 65.7 Å². The Bertz CT molecular complexity index is 398. The Morgan fingerprint density at radius 2 is 2.11 bits per heavy atom. The van der Waals surface area contributed by atoms with Gasteiger partial charge in [-0.05, 0) is 37.5 Å². The number of nitrogens with one attached hydrogen (secondary N) is 1. The molecular formula is C14H22N2O3. The van der Waals surface area contributed by atoms with Gasteiger partial charge in [-0.15, -0.1) is 0 Å². The zero-order chi connectivity index (χ0) is 13.5. The van der Waals surface area contributed by atoms with Crippen LogP contribution >= 0.6 is 0 Å². The molecule has 1 aromatic rings. The van der Waals surface area contributed by atoms with Crippen LogP contribution in [0.2, 0.25) is 0 Å². The number of nitrogens with two attached hydrogens (primary N) is 1. The van der Waals surface area contributed by atoms with Gasteiger partial charge in [0.1, 0.15) is 13.2 Å². The Balaban J connectivity index is 1.97. The second-order valence-corrected chi connectivity index (χ2v) is 4.46. The van der Waals surface area contributed by atoms with Gasteiger partial charge in [0.15, 0.2) is 11.5 Å². The van der Waals surface area contributed by atoms with E-state index in [1.807, 2.05) is 25.1 Å². The lowest BCUT2D eigenvalue weighted by Gasteiger charge is -2.22. The summed E-state index contributed by atoms with van der Waals surface area (Å²) >= 11 is 0. The van der Waals surface area contributed by atoms with E-state index in [4.69, 9.17) is 20.1 Å². The first-order valence-corrected chi connectivity index (χ1v) is 6.78. The Labute approximate surface area is 114 Å². The van der Waals surface area contributed by atoms with Gasteiger partial charge in [0.05, 0.1) is 0 Å². The lowest BCUT2D eigenvalue weighted by Crippen LogP contribution is -2.28. The van der Waals surface area contributed by atoms with Gasteiger partial charge < -0.3 is 14.2 Å². The third kappa shape index (κ3) is 3.83. The fourth-order valence-corrected chi connectivity index (χ4v) is 2.16. The first kappa shape index (κ1) is 14.1. The highest BCUT2D eigenvalue weighted by molar-refractivity contribution is 5.44. The molecule has 0 aromatic heterocycles. The molecule has 1 aliphatic heterocycles. The predicted molar refractivity (Wildman–Crippen MR) is 73.2 cm³/mol. The predicted octanol–water partition coefficient (Wildman–Crippen LogP) is 1.78. The lowest BCUT2D eigenvalue weighted by atomic mass is 10.0. The van der Waals surface area contributed by atoms with Crippen LogP contribution in [0.4, 0.5) is 0 Å². The molecule has 5 nitrogen and oxygen atoms in total. The number of hydrogen-bond acceptors (Lipinski definition) is 5. The van der Waals surface area contributed by atoms with Crippen molar-refractivity contribution in [2.75, 3.05) is 26.4 Å². The highest BCUT2D eigenvalue weighted by Crippen LogP contribution is 2.33. The van der Waals surface area contributed by atoms with Crippen molar-refractivity contribution in [3.63, 3.8) is 0 Å². The quantitative estimate of drug-likeness (QED) is 0.447. The molecule has 0 bridgehead atoms. The molecule has 0 spiro atoms. The van der Waals surface area contributed by atoms with Crippen molar-refractivity contribution in [2.24, 2.45) is 5.84 Å². The molecule has 1 unspecified atom stereocenters. The molecular weight excluding hydrogens is 244 g/mol. The molecule has 1 heterocycles. The summed E-state index contributed by atoms with van der Waals surface area (Å²) in [5.74, 6) is 7.24. The number of hydrogen-bond donors (Lipinski definition) is 2. The van der Waals surface area contributed by atoms with Crippen molar-refractivity contribution >= 4 is 0 Å². The van der Waals surface area contributed by atoms with Gasteiger partial charge in [0.25, 0.3) is 0 Å². The van der Waals surface area contributed by atoms with Gasteiger partial charge in [-0.25, -0.2) is 0 Å². The van der Waals surface area contributed by atoms with E-state index in [-0.39, 0.29) is 6.04 Å². The summed E-state index contributed by atoms with van der Waals surface area (Å²) in [6, 6.07) is 6.08. The summed E-state index contributed by atoms with van der Waals surface area (Å²) in [6.45, 7) is 4.73. The highest BCUT2D eigenvalue weighted by atomic mass is 16.6. The molecule has 3 N–H and O–H groups in total. The third-order valence-electron chi connectivity index (χ3n) is 3.16. The van der Waals surface area contributed by atoms with E-state index < -0.39 is 0 Å². The van der Waals surface area contributed by atoms with E-state index >= 15 is 0 Å². The molecule has 0 radical (unpaired) electrons. The Morgan fingerprint density at radius 3 is 2.84 bits per heavy atom. The summed E-state index contributed by atoms with van der Waals surface area (Å²) < 4.78 is 16.4. The number of fused-ring (bicyclic) bond motifs is 1. The first-order chi connectivity index (χ1) is 9.35. The number of ether oxygens (including phenoxy) is 3. The molecule has 106 valence electrons. The third-order valence-corrected chi connectivity index (χ3v) is 3.16. The average Bonchev–Trinajstić information content (AvgIpc) is 2.47. The van der Waals surface area contributed by atoms with Gasteiger partial charge in [-0.2, -0.15) is 0 Å². The average molecular weight is 266 g/mol. The van der Waals surface area contributed by atoms with Crippen LogP contribution in [-0.4, -0.2) is 26.4 Å². The molecule has 19 heavy (non-hydrogen) atoms. The molecule has 1 aromatic carbocycles. The first-order valence-electron chi connectivity index (χ1n) is 6.78. The maximum Gasteiger partial charge on any atom is 0.161 e. The normalized spacial score (nSPS) is 15.3. The van der Waals surface area contributed by atoms with Crippen LogP contribution in [0.3, 0.4) is 0 Å². The van der Waals surface area contributed by atoms with Gasteiger partial charge in [-0.1, -0.05) is 6.07 Å². The fraction of sp³-hybridized carbons (Fsp3) is 0.571. The molecule has 1 aliphatic rings. The molecule has 0 saturated carbocycles. The Hall–Kier alpha value is -1.30. The minimum atomic E-state index is 0.108. The largest absolute Gasteiger partial charge is 0.486 e. The fourth-order valence-electron chi connectivity index (χ4n) is 2.16. The molecule has 0 aliphatic carbocycles. The summed E-state index contributed by atoms with van der Waals surface area (Å²) in [6.07, 6.45) is 1.90. The Kier molecular flexibility index (Phi) is 5.44.